The lowest BCUT2D eigenvalue weighted by atomic mass is 10.3. The summed E-state index contributed by atoms with van der Waals surface area (Å²) in [4.78, 5) is 0. The maximum atomic E-state index is 5.74. The van der Waals surface area contributed by atoms with Gasteiger partial charge >= 0.3 is 0 Å². The lowest BCUT2D eigenvalue weighted by Crippen LogP contribution is -2.33. The molecule has 0 atom stereocenters. The fourth-order valence-corrected chi connectivity index (χ4v) is 3.14. The molecule has 6 heteroatoms. The molecule has 1 aliphatic rings. The molecule has 0 bridgehead atoms. The van der Waals surface area contributed by atoms with Crippen molar-refractivity contribution < 1.29 is 0 Å². The van der Waals surface area contributed by atoms with Crippen LogP contribution in [0.15, 0.2) is 0 Å². The summed E-state index contributed by atoms with van der Waals surface area (Å²) in [5, 5.41) is 0. The van der Waals surface area contributed by atoms with Crippen molar-refractivity contribution in [2.24, 2.45) is 0 Å². The van der Waals surface area contributed by atoms with Crippen molar-refractivity contribution in [3.05, 3.63) is 0 Å². The molecule has 0 radical (unpaired) electrons. The molecule has 10 heavy (non-hydrogen) atoms. The number of halogens is 4. The summed E-state index contributed by atoms with van der Waals surface area (Å²) in [5.41, 5.74) is 0. The van der Waals surface area contributed by atoms with E-state index < -0.39 is 8.67 Å². The molecule has 0 aromatic heterocycles. The Morgan fingerprint density at radius 3 is 1.30 bits per heavy atom. The van der Waals surface area contributed by atoms with E-state index in [1.165, 1.54) is 0 Å². The Morgan fingerprint density at radius 2 is 1.20 bits per heavy atom. The minimum atomic E-state index is -0.971. The summed E-state index contributed by atoms with van der Waals surface area (Å²) in [6.45, 7) is 0. The molecule has 0 amide bonds. The molecular weight excluding hydrogens is 254 g/mol. The third kappa shape index (κ3) is 2.18. The largest absolute Gasteiger partial charge is 0.197 e. The van der Waals surface area contributed by atoms with Crippen LogP contribution in [0.25, 0.3) is 0 Å². The van der Waals surface area contributed by atoms with E-state index in [4.69, 9.17) is 46.4 Å². The Kier molecular flexibility index (Phi) is 4.41. The Balaban J connectivity index is 0.000000810. The van der Waals surface area contributed by atoms with Gasteiger partial charge in [-0.1, -0.05) is 46.4 Å². The first kappa shape index (κ1) is 11.9. The van der Waals surface area contributed by atoms with Crippen LogP contribution in [0.2, 0.25) is 0 Å². The molecule has 62 valence electrons. The lowest BCUT2D eigenvalue weighted by Gasteiger charge is -2.22. The van der Waals surface area contributed by atoms with E-state index in [0.29, 0.717) is 11.5 Å². The first-order valence-corrected chi connectivity index (χ1v) is 4.96. The molecule has 1 rings (SSSR count). The zero-order valence-electron chi connectivity index (χ0n) is 4.83. The normalized spacial score (nSPS) is 27.6. The number of rotatable bonds is 0. The van der Waals surface area contributed by atoms with Gasteiger partial charge in [0.1, 0.15) is 0 Å². The van der Waals surface area contributed by atoms with Crippen molar-refractivity contribution >= 4 is 71.7 Å². The standard InChI is InChI=1S/C4H4Cl4S.H2S/c5-3(6)1-9-2-4(3,7)8;/h1-2H2;1H2. The number of hydrogen-bond acceptors (Lipinski definition) is 1. The first-order chi connectivity index (χ1) is 3.96. The van der Waals surface area contributed by atoms with Gasteiger partial charge in [-0.2, -0.15) is 25.3 Å². The molecule has 1 fully saturated rings. The van der Waals surface area contributed by atoms with E-state index in [1.54, 1.807) is 11.8 Å². The molecule has 0 N–H and O–H groups in total. The summed E-state index contributed by atoms with van der Waals surface area (Å²) in [7, 11) is 0. The van der Waals surface area contributed by atoms with Crippen LogP contribution in [0.1, 0.15) is 0 Å². The Bertz CT molecular complexity index is 110. The van der Waals surface area contributed by atoms with Crippen LogP contribution in [0.4, 0.5) is 0 Å². The predicted octanol–water partition coefficient (Wildman–Crippen LogP) is 3.19. The minimum Gasteiger partial charge on any atom is -0.197 e. The molecule has 1 aliphatic heterocycles. The fraction of sp³-hybridized carbons (Fsp3) is 1.00. The van der Waals surface area contributed by atoms with Crippen molar-refractivity contribution in [2.45, 2.75) is 8.67 Å². The van der Waals surface area contributed by atoms with Crippen molar-refractivity contribution in [2.75, 3.05) is 11.5 Å². The molecule has 0 aromatic carbocycles. The van der Waals surface area contributed by atoms with Gasteiger partial charge in [0.15, 0.2) is 8.67 Å². The van der Waals surface area contributed by atoms with Crippen LogP contribution in [0.3, 0.4) is 0 Å². The van der Waals surface area contributed by atoms with E-state index in [1.807, 2.05) is 0 Å². The maximum Gasteiger partial charge on any atom is 0.160 e. The molecule has 0 spiro atoms. The maximum absolute atomic E-state index is 5.74. The lowest BCUT2D eigenvalue weighted by molar-refractivity contribution is 0.818. The molecule has 1 saturated heterocycles. The Labute approximate surface area is 91.4 Å². The van der Waals surface area contributed by atoms with E-state index in [-0.39, 0.29) is 13.5 Å². The first-order valence-electron chi connectivity index (χ1n) is 2.29. The number of thioether (sulfide) groups is 1. The topological polar surface area (TPSA) is 0 Å². The molecule has 0 aliphatic carbocycles. The molecule has 0 nitrogen and oxygen atoms in total. The fourth-order valence-electron chi connectivity index (χ4n) is 0.519. The van der Waals surface area contributed by atoms with Crippen LogP contribution < -0.4 is 0 Å². The van der Waals surface area contributed by atoms with Crippen LogP contribution in [-0.2, 0) is 0 Å². The number of alkyl halides is 4. The predicted molar refractivity (Wildman–Crippen MR) is 56.6 cm³/mol. The van der Waals surface area contributed by atoms with Crippen LogP contribution >= 0.6 is 71.7 Å². The van der Waals surface area contributed by atoms with Crippen molar-refractivity contribution in [1.29, 1.82) is 0 Å². The second-order valence-corrected chi connectivity index (χ2v) is 5.86. The Hall–Kier alpha value is 1.86. The van der Waals surface area contributed by atoms with E-state index in [0.717, 1.165) is 0 Å². The molecule has 0 unspecified atom stereocenters. The van der Waals surface area contributed by atoms with Gasteiger partial charge in [0.25, 0.3) is 0 Å². The van der Waals surface area contributed by atoms with Gasteiger partial charge in [-0.05, 0) is 0 Å². The quantitative estimate of drug-likeness (QED) is 0.603. The summed E-state index contributed by atoms with van der Waals surface area (Å²) in [5.74, 6) is 1.20. The second-order valence-electron chi connectivity index (χ2n) is 1.90. The SMILES string of the molecule is ClC1(Cl)CSCC1(Cl)Cl.S. The zero-order valence-corrected chi connectivity index (χ0v) is 9.67. The highest BCUT2D eigenvalue weighted by molar-refractivity contribution is 8.00. The second kappa shape index (κ2) is 3.71. The minimum absolute atomic E-state index is 0. The summed E-state index contributed by atoms with van der Waals surface area (Å²) >= 11 is 24.5. The van der Waals surface area contributed by atoms with Crippen molar-refractivity contribution in [1.82, 2.24) is 0 Å². The van der Waals surface area contributed by atoms with Gasteiger partial charge in [0.2, 0.25) is 0 Å². The van der Waals surface area contributed by atoms with Gasteiger partial charge in [0, 0.05) is 11.5 Å². The molecule has 1 heterocycles. The van der Waals surface area contributed by atoms with Crippen LogP contribution in [0, 0.1) is 0 Å². The van der Waals surface area contributed by atoms with E-state index in [9.17, 15) is 0 Å². The highest BCUT2D eigenvalue weighted by Gasteiger charge is 2.51. The van der Waals surface area contributed by atoms with Gasteiger partial charge in [-0.3, -0.25) is 0 Å². The third-order valence-corrected chi connectivity index (χ3v) is 5.22. The van der Waals surface area contributed by atoms with E-state index in [2.05, 4.69) is 0 Å². The summed E-state index contributed by atoms with van der Waals surface area (Å²) in [6, 6.07) is 0. The molecular formula is C4H6Cl4S2. The van der Waals surface area contributed by atoms with Gasteiger partial charge in [-0.15, -0.1) is 0 Å². The highest BCUT2D eigenvalue weighted by atomic mass is 35.5. The highest BCUT2D eigenvalue weighted by Crippen LogP contribution is 2.51. The monoisotopic (exact) mass is 258 g/mol. The van der Waals surface area contributed by atoms with Gasteiger partial charge in [0.05, 0.1) is 0 Å². The number of hydrogen-bond donors (Lipinski definition) is 0. The van der Waals surface area contributed by atoms with Crippen LogP contribution in [-0.4, -0.2) is 20.2 Å². The summed E-state index contributed by atoms with van der Waals surface area (Å²) in [6.07, 6.45) is 0. The molecule has 0 aromatic rings. The average molecular weight is 260 g/mol. The van der Waals surface area contributed by atoms with E-state index >= 15 is 0 Å². The van der Waals surface area contributed by atoms with Gasteiger partial charge in [-0.25, -0.2) is 0 Å². The molecule has 0 saturated carbocycles. The van der Waals surface area contributed by atoms with Crippen LogP contribution in [0.5, 0.6) is 0 Å². The van der Waals surface area contributed by atoms with Gasteiger partial charge < -0.3 is 0 Å². The average Bonchev–Trinajstić information content (AvgIpc) is 1.81. The Morgan fingerprint density at radius 1 is 0.900 bits per heavy atom. The summed E-state index contributed by atoms with van der Waals surface area (Å²) < 4.78 is -1.94. The smallest absolute Gasteiger partial charge is 0.160 e. The zero-order chi connectivity index (χ0) is 7.12. The third-order valence-electron chi connectivity index (χ3n) is 1.10. The van der Waals surface area contributed by atoms with Crippen molar-refractivity contribution in [3.8, 4) is 0 Å². The van der Waals surface area contributed by atoms with Crippen molar-refractivity contribution in [3.63, 3.8) is 0 Å².